The number of benzene rings is 2. The van der Waals surface area contributed by atoms with E-state index < -0.39 is 35.4 Å². The Morgan fingerprint density at radius 2 is 1.69 bits per heavy atom. The minimum atomic E-state index is -1.42. The Hall–Kier alpha value is -5.11. The standard InChI is InChI=1S/C25H22N4O7/c1-13(30)28-15-9-10-18(16(11-15)23(31)32)29-21(25(34)36-3)20(24(33)35-2)19(17(12-26)22(29)27)14-7-5-4-6-8-14/h4-11,19H,27H2,1-3H3,(H,28,30)(H,31,32). The molecule has 0 aliphatic carbocycles. The van der Waals surface area contributed by atoms with Crippen LogP contribution in [0.3, 0.4) is 0 Å². The van der Waals surface area contributed by atoms with Gasteiger partial charge in [0.1, 0.15) is 11.5 Å². The number of allylic oxidation sites excluding steroid dienone is 1. The van der Waals surface area contributed by atoms with E-state index in [1.165, 1.54) is 19.1 Å². The fourth-order valence-electron chi connectivity index (χ4n) is 3.95. The molecular formula is C25H22N4O7. The van der Waals surface area contributed by atoms with Crippen molar-refractivity contribution in [1.29, 1.82) is 5.26 Å². The van der Waals surface area contributed by atoms with Gasteiger partial charge in [0.15, 0.2) is 0 Å². The summed E-state index contributed by atoms with van der Waals surface area (Å²) in [6.07, 6.45) is 0. The summed E-state index contributed by atoms with van der Waals surface area (Å²) in [7, 11) is 2.19. The average molecular weight is 490 g/mol. The molecule has 1 unspecified atom stereocenters. The molecule has 184 valence electrons. The summed E-state index contributed by atoms with van der Waals surface area (Å²) in [5, 5.41) is 22.5. The number of anilines is 2. The Balaban J connectivity index is 2.43. The largest absolute Gasteiger partial charge is 0.478 e. The van der Waals surface area contributed by atoms with Gasteiger partial charge in [-0.2, -0.15) is 5.26 Å². The van der Waals surface area contributed by atoms with Crippen molar-refractivity contribution in [1.82, 2.24) is 0 Å². The van der Waals surface area contributed by atoms with Gasteiger partial charge in [0, 0.05) is 12.6 Å². The number of rotatable bonds is 6. The van der Waals surface area contributed by atoms with Crippen LogP contribution in [0.1, 0.15) is 28.8 Å². The molecular weight excluding hydrogens is 468 g/mol. The smallest absolute Gasteiger partial charge is 0.355 e. The summed E-state index contributed by atoms with van der Waals surface area (Å²) in [6.45, 7) is 1.25. The van der Waals surface area contributed by atoms with Crippen LogP contribution in [0.15, 0.2) is 71.2 Å². The zero-order valence-electron chi connectivity index (χ0n) is 19.6. The van der Waals surface area contributed by atoms with Crippen molar-refractivity contribution in [3.63, 3.8) is 0 Å². The molecule has 11 heteroatoms. The topological polar surface area (TPSA) is 172 Å². The van der Waals surface area contributed by atoms with Gasteiger partial charge in [0.25, 0.3) is 0 Å². The van der Waals surface area contributed by atoms with Crippen LogP contribution in [0, 0.1) is 11.3 Å². The van der Waals surface area contributed by atoms with Crippen molar-refractivity contribution in [3.05, 3.63) is 82.3 Å². The van der Waals surface area contributed by atoms with Crippen LogP contribution in [0.5, 0.6) is 0 Å². The third-order valence-electron chi connectivity index (χ3n) is 5.40. The maximum atomic E-state index is 13.1. The number of nitrogens with one attached hydrogen (secondary N) is 1. The highest BCUT2D eigenvalue weighted by atomic mass is 16.5. The number of hydrogen-bond donors (Lipinski definition) is 3. The fraction of sp³-hybridized carbons (Fsp3) is 0.160. The van der Waals surface area contributed by atoms with E-state index in [0.29, 0.717) is 5.56 Å². The molecule has 0 radical (unpaired) electrons. The van der Waals surface area contributed by atoms with Crippen molar-refractivity contribution in [2.75, 3.05) is 24.4 Å². The molecule has 11 nitrogen and oxygen atoms in total. The number of carboxylic acid groups (broad SMARTS) is 1. The van der Waals surface area contributed by atoms with Gasteiger partial charge in [-0.3, -0.25) is 9.69 Å². The van der Waals surface area contributed by atoms with Crippen LogP contribution in [0.4, 0.5) is 11.4 Å². The quantitative estimate of drug-likeness (QED) is 0.510. The number of esters is 2. The summed E-state index contributed by atoms with van der Waals surface area (Å²) in [4.78, 5) is 50.8. The molecule has 1 aliphatic heterocycles. The first kappa shape index (κ1) is 25.5. The Bertz CT molecular complexity index is 1360. The number of methoxy groups -OCH3 is 2. The van der Waals surface area contributed by atoms with E-state index in [1.54, 1.807) is 30.3 Å². The number of nitrogens with zero attached hydrogens (tertiary/aromatic N) is 2. The Kier molecular flexibility index (Phi) is 7.40. The number of aromatic carboxylic acids is 1. The van der Waals surface area contributed by atoms with Crippen molar-refractivity contribution in [2.45, 2.75) is 12.8 Å². The molecule has 1 amide bonds. The predicted octanol–water partition coefficient (Wildman–Crippen LogP) is 2.24. The van der Waals surface area contributed by atoms with Crippen LogP contribution >= 0.6 is 0 Å². The van der Waals surface area contributed by atoms with E-state index in [-0.39, 0.29) is 33.9 Å². The van der Waals surface area contributed by atoms with Crippen LogP contribution in [-0.4, -0.2) is 43.1 Å². The van der Waals surface area contributed by atoms with E-state index in [1.807, 2.05) is 6.07 Å². The van der Waals surface area contributed by atoms with Gasteiger partial charge in [-0.05, 0) is 23.8 Å². The number of hydrogen-bond acceptors (Lipinski definition) is 9. The second-order valence-corrected chi connectivity index (χ2v) is 7.55. The van der Waals surface area contributed by atoms with Gasteiger partial charge in [-0.25, -0.2) is 14.4 Å². The van der Waals surface area contributed by atoms with Crippen LogP contribution in [-0.2, 0) is 23.9 Å². The van der Waals surface area contributed by atoms with E-state index in [4.69, 9.17) is 15.2 Å². The second kappa shape index (κ2) is 10.4. The van der Waals surface area contributed by atoms with E-state index >= 15 is 0 Å². The monoisotopic (exact) mass is 490 g/mol. The van der Waals surface area contributed by atoms with Crippen molar-refractivity contribution in [2.24, 2.45) is 5.73 Å². The van der Waals surface area contributed by atoms with Crippen LogP contribution in [0.2, 0.25) is 0 Å². The number of nitrogens with two attached hydrogens (primary N) is 1. The highest BCUT2D eigenvalue weighted by Crippen LogP contribution is 2.44. The van der Waals surface area contributed by atoms with Gasteiger partial charge in [-0.1, -0.05) is 30.3 Å². The van der Waals surface area contributed by atoms with Crippen molar-refractivity contribution >= 4 is 35.2 Å². The van der Waals surface area contributed by atoms with Crippen LogP contribution in [0.25, 0.3) is 0 Å². The molecule has 0 fully saturated rings. The molecule has 0 spiro atoms. The second-order valence-electron chi connectivity index (χ2n) is 7.55. The molecule has 1 heterocycles. The van der Waals surface area contributed by atoms with Gasteiger partial charge in [0.2, 0.25) is 5.91 Å². The minimum absolute atomic E-state index is 0.114. The molecule has 0 saturated carbocycles. The van der Waals surface area contributed by atoms with E-state index in [0.717, 1.165) is 25.2 Å². The van der Waals surface area contributed by atoms with Gasteiger partial charge < -0.3 is 25.6 Å². The normalized spacial score (nSPS) is 15.2. The summed E-state index contributed by atoms with van der Waals surface area (Å²) >= 11 is 0. The summed E-state index contributed by atoms with van der Waals surface area (Å²) in [5.41, 5.74) is 5.73. The highest BCUT2D eigenvalue weighted by molar-refractivity contribution is 6.08. The third-order valence-corrected chi connectivity index (χ3v) is 5.40. The van der Waals surface area contributed by atoms with E-state index in [9.17, 15) is 29.5 Å². The lowest BCUT2D eigenvalue weighted by molar-refractivity contribution is -0.139. The summed E-state index contributed by atoms with van der Waals surface area (Å²) < 4.78 is 9.88. The lowest BCUT2D eigenvalue weighted by Crippen LogP contribution is -2.41. The lowest BCUT2D eigenvalue weighted by Gasteiger charge is -2.36. The summed E-state index contributed by atoms with van der Waals surface area (Å²) in [5.74, 6) is -5.19. The SMILES string of the molecule is COC(=O)C1=C(C(=O)OC)N(c2ccc(NC(C)=O)cc2C(=O)O)C(N)=C(C#N)C1c1ccccc1. The molecule has 2 aromatic rings. The molecule has 36 heavy (non-hydrogen) atoms. The molecule has 4 N–H and O–H groups in total. The van der Waals surface area contributed by atoms with Crippen molar-refractivity contribution in [3.8, 4) is 6.07 Å². The minimum Gasteiger partial charge on any atom is -0.478 e. The molecule has 0 bridgehead atoms. The molecule has 2 aromatic carbocycles. The first-order valence-corrected chi connectivity index (χ1v) is 10.5. The maximum Gasteiger partial charge on any atom is 0.355 e. The predicted molar refractivity (Wildman–Crippen MR) is 127 cm³/mol. The number of carbonyl (C=O) groups excluding carboxylic acids is 3. The fourth-order valence-corrected chi connectivity index (χ4v) is 3.95. The molecule has 0 saturated heterocycles. The zero-order valence-corrected chi connectivity index (χ0v) is 19.6. The Labute approximate surface area is 206 Å². The first-order chi connectivity index (χ1) is 17.2. The molecule has 0 aromatic heterocycles. The molecule has 1 atom stereocenters. The van der Waals surface area contributed by atoms with Crippen LogP contribution < -0.4 is 16.0 Å². The number of carboxylic acids is 1. The van der Waals surface area contributed by atoms with Crippen molar-refractivity contribution < 1.29 is 33.8 Å². The average Bonchev–Trinajstić information content (AvgIpc) is 2.87. The maximum absolute atomic E-state index is 13.1. The highest BCUT2D eigenvalue weighted by Gasteiger charge is 2.43. The number of nitriles is 1. The lowest BCUT2D eigenvalue weighted by atomic mass is 9.80. The number of amides is 1. The zero-order chi connectivity index (χ0) is 26.6. The Morgan fingerprint density at radius 3 is 2.22 bits per heavy atom. The van der Waals surface area contributed by atoms with Gasteiger partial charge in [-0.15, -0.1) is 0 Å². The summed E-state index contributed by atoms with van der Waals surface area (Å²) in [6, 6.07) is 14.2. The third kappa shape index (κ3) is 4.60. The first-order valence-electron chi connectivity index (χ1n) is 10.5. The Morgan fingerprint density at radius 1 is 1.06 bits per heavy atom. The number of ether oxygens (including phenoxy) is 2. The van der Waals surface area contributed by atoms with Gasteiger partial charge >= 0.3 is 17.9 Å². The van der Waals surface area contributed by atoms with Gasteiger partial charge in [0.05, 0.1) is 48.6 Å². The van der Waals surface area contributed by atoms with E-state index in [2.05, 4.69) is 5.32 Å². The number of carbonyl (C=O) groups is 4. The molecule has 1 aliphatic rings. The molecule has 3 rings (SSSR count).